The van der Waals surface area contributed by atoms with Crippen LogP contribution in [0.3, 0.4) is 0 Å². The van der Waals surface area contributed by atoms with E-state index >= 15 is 0 Å². The highest BCUT2D eigenvalue weighted by molar-refractivity contribution is 5.52. The maximum Gasteiger partial charge on any atom is 0.141 e. The van der Waals surface area contributed by atoms with Crippen molar-refractivity contribution in [1.82, 2.24) is 25.2 Å². The predicted octanol–water partition coefficient (Wildman–Crippen LogP) is 1.02. The summed E-state index contributed by atoms with van der Waals surface area (Å²) in [6, 6.07) is 3.05. The summed E-state index contributed by atoms with van der Waals surface area (Å²) < 4.78 is 12.8. The van der Waals surface area contributed by atoms with Crippen LogP contribution >= 0.6 is 0 Å². The average Bonchev–Trinajstić information content (AvgIpc) is 2.89. The molecule has 3 heterocycles. The lowest BCUT2D eigenvalue weighted by molar-refractivity contribution is 0.228. The second kappa shape index (κ2) is 5.46. The van der Waals surface area contributed by atoms with Crippen LogP contribution in [0.25, 0.3) is 11.4 Å². The van der Waals surface area contributed by atoms with Gasteiger partial charge in [0.05, 0.1) is 30.3 Å². The third-order valence-electron chi connectivity index (χ3n) is 3.21. The van der Waals surface area contributed by atoms with E-state index in [-0.39, 0.29) is 5.82 Å². The molecule has 1 aliphatic rings. The number of rotatable bonds is 3. The Labute approximate surface area is 110 Å². The van der Waals surface area contributed by atoms with Crippen LogP contribution in [-0.4, -0.2) is 46.0 Å². The largest absolute Gasteiger partial charge is 0.340 e. The van der Waals surface area contributed by atoms with Gasteiger partial charge in [-0.3, -0.25) is 9.88 Å². The van der Waals surface area contributed by atoms with E-state index in [2.05, 4.69) is 25.2 Å². The molecule has 0 spiro atoms. The Morgan fingerprint density at radius 1 is 1.16 bits per heavy atom. The number of pyridine rings is 1. The number of hydrogen-bond donors (Lipinski definition) is 2. The molecular weight excluding hydrogens is 245 g/mol. The first-order valence-corrected chi connectivity index (χ1v) is 6.40. The van der Waals surface area contributed by atoms with Crippen LogP contribution in [0.2, 0.25) is 0 Å². The number of nitrogens with zero attached hydrogens (tertiary/aromatic N) is 3. The van der Waals surface area contributed by atoms with Crippen LogP contribution < -0.4 is 5.32 Å². The lowest BCUT2D eigenvalue weighted by atomic mass is 10.3. The number of imidazole rings is 1. The molecule has 3 rings (SSSR count). The maximum absolute atomic E-state index is 12.8. The van der Waals surface area contributed by atoms with E-state index in [4.69, 9.17) is 0 Å². The summed E-state index contributed by atoms with van der Waals surface area (Å²) in [5.41, 5.74) is 1.53. The van der Waals surface area contributed by atoms with Gasteiger partial charge in [0.1, 0.15) is 11.6 Å². The Morgan fingerprint density at radius 3 is 2.74 bits per heavy atom. The molecule has 1 aliphatic heterocycles. The van der Waals surface area contributed by atoms with Crippen molar-refractivity contribution in [2.75, 3.05) is 26.2 Å². The van der Waals surface area contributed by atoms with Gasteiger partial charge in [0.2, 0.25) is 0 Å². The highest BCUT2D eigenvalue weighted by Crippen LogP contribution is 2.15. The molecule has 0 amide bonds. The SMILES string of the molecule is Fc1ccc(-c2cnc(CN3CCNCC3)[nH]2)nc1. The minimum atomic E-state index is -0.329. The fourth-order valence-electron chi connectivity index (χ4n) is 2.19. The molecule has 2 N–H and O–H groups in total. The lowest BCUT2D eigenvalue weighted by Gasteiger charge is -2.26. The maximum atomic E-state index is 12.8. The summed E-state index contributed by atoms with van der Waals surface area (Å²) in [5, 5.41) is 3.32. The molecule has 2 aromatic heterocycles. The highest BCUT2D eigenvalue weighted by atomic mass is 19.1. The normalized spacial score (nSPS) is 16.7. The van der Waals surface area contributed by atoms with Gasteiger partial charge in [0, 0.05) is 26.2 Å². The van der Waals surface area contributed by atoms with Gasteiger partial charge in [-0.2, -0.15) is 0 Å². The third kappa shape index (κ3) is 2.97. The lowest BCUT2D eigenvalue weighted by Crippen LogP contribution is -2.43. The minimum Gasteiger partial charge on any atom is -0.340 e. The summed E-state index contributed by atoms with van der Waals surface area (Å²) in [7, 11) is 0. The summed E-state index contributed by atoms with van der Waals surface area (Å²) >= 11 is 0. The second-order valence-electron chi connectivity index (χ2n) is 4.63. The highest BCUT2D eigenvalue weighted by Gasteiger charge is 2.12. The van der Waals surface area contributed by atoms with Gasteiger partial charge in [0.25, 0.3) is 0 Å². The Bertz CT molecular complexity index is 530. The van der Waals surface area contributed by atoms with Crippen molar-refractivity contribution in [3.63, 3.8) is 0 Å². The van der Waals surface area contributed by atoms with Crippen molar-refractivity contribution in [3.8, 4) is 11.4 Å². The molecule has 0 aromatic carbocycles. The molecule has 0 saturated carbocycles. The Hall–Kier alpha value is -1.79. The molecule has 0 aliphatic carbocycles. The fraction of sp³-hybridized carbons (Fsp3) is 0.385. The smallest absolute Gasteiger partial charge is 0.141 e. The molecule has 100 valence electrons. The first-order chi connectivity index (χ1) is 9.31. The molecule has 2 aromatic rings. The van der Waals surface area contributed by atoms with E-state index in [1.165, 1.54) is 12.3 Å². The van der Waals surface area contributed by atoms with Crippen molar-refractivity contribution in [3.05, 3.63) is 36.2 Å². The fourth-order valence-corrected chi connectivity index (χ4v) is 2.19. The quantitative estimate of drug-likeness (QED) is 0.866. The summed E-state index contributed by atoms with van der Waals surface area (Å²) in [6.45, 7) is 4.92. The Morgan fingerprint density at radius 2 is 2.00 bits per heavy atom. The first kappa shape index (κ1) is 12.3. The van der Waals surface area contributed by atoms with Gasteiger partial charge in [-0.05, 0) is 12.1 Å². The molecule has 19 heavy (non-hydrogen) atoms. The summed E-state index contributed by atoms with van der Waals surface area (Å²) in [4.78, 5) is 14.0. The first-order valence-electron chi connectivity index (χ1n) is 6.40. The predicted molar refractivity (Wildman–Crippen MR) is 69.9 cm³/mol. The van der Waals surface area contributed by atoms with Gasteiger partial charge in [0.15, 0.2) is 0 Å². The topological polar surface area (TPSA) is 56.8 Å². The zero-order valence-electron chi connectivity index (χ0n) is 10.6. The van der Waals surface area contributed by atoms with Crippen molar-refractivity contribution >= 4 is 0 Å². The molecular formula is C13H16FN5. The molecule has 6 heteroatoms. The van der Waals surface area contributed by atoms with E-state index < -0.39 is 0 Å². The minimum absolute atomic E-state index is 0.329. The molecule has 0 radical (unpaired) electrons. The Kier molecular flexibility index (Phi) is 3.52. The van der Waals surface area contributed by atoms with Crippen LogP contribution in [0.1, 0.15) is 5.82 Å². The van der Waals surface area contributed by atoms with E-state index in [1.807, 2.05) is 0 Å². The Balaban J connectivity index is 1.70. The number of H-pyrrole nitrogens is 1. The van der Waals surface area contributed by atoms with Crippen LogP contribution in [-0.2, 0) is 6.54 Å². The number of hydrogen-bond acceptors (Lipinski definition) is 4. The summed E-state index contributed by atoms with van der Waals surface area (Å²) in [6.07, 6.45) is 2.96. The molecule has 1 saturated heterocycles. The van der Waals surface area contributed by atoms with E-state index in [1.54, 1.807) is 12.3 Å². The molecule has 0 unspecified atom stereocenters. The van der Waals surface area contributed by atoms with E-state index in [0.29, 0.717) is 5.69 Å². The molecule has 0 bridgehead atoms. The van der Waals surface area contributed by atoms with E-state index in [0.717, 1.165) is 44.2 Å². The average molecular weight is 261 g/mol. The number of piperazine rings is 1. The van der Waals surface area contributed by atoms with Gasteiger partial charge < -0.3 is 10.3 Å². The van der Waals surface area contributed by atoms with Crippen molar-refractivity contribution in [1.29, 1.82) is 0 Å². The third-order valence-corrected chi connectivity index (χ3v) is 3.21. The molecule has 5 nitrogen and oxygen atoms in total. The van der Waals surface area contributed by atoms with Gasteiger partial charge in [-0.25, -0.2) is 9.37 Å². The van der Waals surface area contributed by atoms with E-state index in [9.17, 15) is 4.39 Å². The number of aromatic nitrogens is 3. The number of halogens is 1. The van der Waals surface area contributed by atoms with Gasteiger partial charge >= 0.3 is 0 Å². The van der Waals surface area contributed by atoms with Crippen molar-refractivity contribution < 1.29 is 4.39 Å². The number of nitrogens with one attached hydrogen (secondary N) is 2. The summed E-state index contributed by atoms with van der Waals surface area (Å²) in [5.74, 6) is 0.590. The van der Waals surface area contributed by atoms with Crippen LogP contribution in [0, 0.1) is 5.82 Å². The molecule has 1 fully saturated rings. The van der Waals surface area contributed by atoms with Crippen LogP contribution in [0.15, 0.2) is 24.5 Å². The van der Waals surface area contributed by atoms with Gasteiger partial charge in [-0.15, -0.1) is 0 Å². The standard InChI is InChI=1S/C13H16FN5/c14-10-1-2-11(16-7-10)12-8-17-13(18-12)9-19-5-3-15-4-6-19/h1-2,7-8,15H,3-6,9H2,(H,17,18). The van der Waals surface area contributed by atoms with Crippen LogP contribution in [0.5, 0.6) is 0 Å². The van der Waals surface area contributed by atoms with Crippen molar-refractivity contribution in [2.24, 2.45) is 0 Å². The van der Waals surface area contributed by atoms with Crippen LogP contribution in [0.4, 0.5) is 4.39 Å². The van der Waals surface area contributed by atoms with Crippen molar-refractivity contribution in [2.45, 2.75) is 6.54 Å². The zero-order valence-corrected chi connectivity index (χ0v) is 10.6. The zero-order chi connectivity index (χ0) is 13.1. The second-order valence-corrected chi connectivity index (χ2v) is 4.63. The monoisotopic (exact) mass is 261 g/mol. The molecule has 0 atom stereocenters. The van der Waals surface area contributed by atoms with Gasteiger partial charge in [-0.1, -0.05) is 0 Å². The number of aromatic amines is 1.